The molecule has 3 N–H and O–H groups in total. The van der Waals surface area contributed by atoms with E-state index < -0.39 is 12.2 Å². The molecule has 4 fully saturated rings. The largest absolute Gasteiger partial charge is 0.396 e. The zero-order chi connectivity index (χ0) is 16.4. The maximum atomic E-state index is 10.6. The highest BCUT2D eigenvalue weighted by atomic mass is 16.3. The van der Waals surface area contributed by atoms with Crippen molar-refractivity contribution in [2.24, 2.45) is 40.4 Å². The van der Waals surface area contributed by atoms with Crippen LogP contribution in [0.1, 0.15) is 65.2 Å². The molecule has 0 amide bonds. The topological polar surface area (TPSA) is 60.7 Å². The van der Waals surface area contributed by atoms with Crippen molar-refractivity contribution in [1.29, 1.82) is 0 Å². The van der Waals surface area contributed by atoms with E-state index >= 15 is 0 Å². The predicted molar refractivity (Wildman–Crippen MR) is 89.7 cm³/mol. The molecule has 132 valence electrons. The van der Waals surface area contributed by atoms with E-state index in [9.17, 15) is 15.3 Å². The molecule has 3 nitrogen and oxygen atoms in total. The molecular formula is C20H34O3. The monoisotopic (exact) mass is 322 g/mol. The molecule has 0 radical (unpaired) electrons. The Bertz CT molecular complexity index is 466. The fourth-order valence-electron chi connectivity index (χ4n) is 7.72. The molecule has 0 aromatic rings. The Hall–Kier alpha value is -0.120. The van der Waals surface area contributed by atoms with Gasteiger partial charge in [0, 0.05) is 6.61 Å². The number of rotatable bonds is 1. The third kappa shape index (κ3) is 2.12. The van der Waals surface area contributed by atoms with Gasteiger partial charge in [0.05, 0.1) is 12.2 Å². The second kappa shape index (κ2) is 5.44. The van der Waals surface area contributed by atoms with Crippen LogP contribution in [0.4, 0.5) is 0 Å². The summed E-state index contributed by atoms with van der Waals surface area (Å²) < 4.78 is 0. The first-order valence-electron chi connectivity index (χ1n) is 9.89. The minimum Gasteiger partial charge on any atom is -0.396 e. The number of fused-ring (bicyclic) bond motifs is 5. The Morgan fingerprint density at radius 3 is 2.17 bits per heavy atom. The fourth-order valence-corrected chi connectivity index (χ4v) is 7.72. The molecular weight excluding hydrogens is 288 g/mol. The molecule has 4 aliphatic rings. The Morgan fingerprint density at radius 2 is 1.43 bits per heavy atom. The van der Waals surface area contributed by atoms with E-state index in [-0.39, 0.29) is 11.3 Å². The molecule has 23 heavy (non-hydrogen) atoms. The maximum Gasteiger partial charge on any atom is 0.0832 e. The molecule has 0 aromatic carbocycles. The fraction of sp³-hybridized carbons (Fsp3) is 1.00. The standard InChI is InChI=1S/C20H34O3/c1-19-9-7-15-13(14(19)5-3-12(19)11-21)4-6-16-18(23)17(22)8-10-20(15,16)2/h12-18,21-23H,3-11H2,1-2H3/t12-,13+,14+,15+,16+,17-,18-,19-,20-/m1/s1. The van der Waals surface area contributed by atoms with Gasteiger partial charge in [-0.1, -0.05) is 13.8 Å². The first-order chi connectivity index (χ1) is 10.9. The molecule has 4 aliphatic carbocycles. The Labute approximate surface area is 140 Å². The first kappa shape index (κ1) is 16.4. The van der Waals surface area contributed by atoms with Crippen LogP contribution in [0, 0.1) is 40.4 Å². The Morgan fingerprint density at radius 1 is 0.783 bits per heavy atom. The minimum atomic E-state index is -0.517. The van der Waals surface area contributed by atoms with Crippen molar-refractivity contribution in [1.82, 2.24) is 0 Å². The first-order valence-corrected chi connectivity index (χ1v) is 9.89. The molecule has 0 aliphatic heterocycles. The van der Waals surface area contributed by atoms with Crippen LogP contribution in [0.5, 0.6) is 0 Å². The van der Waals surface area contributed by atoms with Gasteiger partial charge in [-0.05, 0) is 91.8 Å². The van der Waals surface area contributed by atoms with Gasteiger partial charge < -0.3 is 15.3 Å². The average molecular weight is 322 g/mol. The van der Waals surface area contributed by atoms with Gasteiger partial charge in [-0.2, -0.15) is 0 Å². The van der Waals surface area contributed by atoms with E-state index in [0.29, 0.717) is 23.9 Å². The number of aliphatic hydroxyl groups excluding tert-OH is 3. The van der Waals surface area contributed by atoms with Crippen LogP contribution in [0.2, 0.25) is 0 Å². The van der Waals surface area contributed by atoms with Gasteiger partial charge in [-0.15, -0.1) is 0 Å². The van der Waals surface area contributed by atoms with E-state index in [1.54, 1.807) is 0 Å². The molecule has 3 heteroatoms. The van der Waals surface area contributed by atoms with Crippen molar-refractivity contribution in [3.63, 3.8) is 0 Å². The lowest BCUT2D eigenvalue weighted by atomic mass is 9.44. The zero-order valence-corrected chi connectivity index (χ0v) is 14.7. The highest BCUT2D eigenvalue weighted by molar-refractivity contribution is 5.10. The highest BCUT2D eigenvalue weighted by Gasteiger charge is 2.61. The Kier molecular flexibility index (Phi) is 3.87. The maximum absolute atomic E-state index is 10.6. The van der Waals surface area contributed by atoms with Gasteiger partial charge in [0.25, 0.3) is 0 Å². The molecule has 4 saturated carbocycles. The van der Waals surface area contributed by atoms with Gasteiger partial charge in [-0.3, -0.25) is 0 Å². The molecule has 9 atom stereocenters. The molecule has 4 rings (SSSR count). The molecule has 0 saturated heterocycles. The summed E-state index contributed by atoms with van der Waals surface area (Å²) >= 11 is 0. The molecule has 0 spiro atoms. The van der Waals surface area contributed by atoms with Crippen LogP contribution >= 0.6 is 0 Å². The lowest BCUT2D eigenvalue weighted by molar-refractivity contribution is -0.174. The van der Waals surface area contributed by atoms with E-state index in [1.165, 1.54) is 32.1 Å². The van der Waals surface area contributed by atoms with Crippen LogP contribution in [0.25, 0.3) is 0 Å². The van der Waals surface area contributed by atoms with E-state index in [4.69, 9.17) is 0 Å². The molecule has 0 bridgehead atoms. The van der Waals surface area contributed by atoms with Gasteiger partial charge in [0.1, 0.15) is 0 Å². The second-order valence-corrected chi connectivity index (χ2v) is 9.66. The van der Waals surface area contributed by atoms with Crippen molar-refractivity contribution in [2.75, 3.05) is 6.61 Å². The van der Waals surface area contributed by atoms with Crippen molar-refractivity contribution < 1.29 is 15.3 Å². The number of hydrogen-bond acceptors (Lipinski definition) is 3. The Balaban J connectivity index is 1.62. The SMILES string of the molecule is C[C@]12CC[C@@H](O)[C@H](O)[C@@H]1CC[C@@H]1[C@@H]2CC[C@]2(C)[C@@H](CO)CC[C@@H]12. The lowest BCUT2D eigenvalue weighted by Gasteiger charge is -2.61. The van der Waals surface area contributed by atoms with Gasteiger partial charge in [-0.25, -0.2) is 0 Å². The summed E-state index contributed by atoms with van der Waals surface area (Å²) in [5, 5.41) is 30.5. The zero-order valence-electron chi connectivity index (χ0n) is 14.7. The summed E-state index contributed by atoms with van der Waals surface area (Å²) in [5.74, 6) is 3.03. The van der Waals surface area contributed by atoms with Gasteiger partial charge >= 0.3 is 0 Å². The predicted octanol–water partition coefficient (Wildman–Crippen LogP) is 2.97. The summed E-state index contributed by atoms with van der Waals surface area (Å²) in [5.41, 5.74) is 0.548. The summed E-state index contributed by atoms with van der Waals surface area (Å²) in [7, 11) is 0. The van der Waals surface area contributed by atoms with Crippen molar-refractivity contribution in [3.05, 3.63) is 0 Å². The van der Waals surface area contributed by atoms with Crippen LogP contribution in [0.3, 0.4) is 0 Å². The number of hydrogen-bond donors (Lipinski definition) is 3. The number of aliphatic hydroxyl groups is 3. The molecule has 0 heterocycles. The van der Waals surface area contributed by atoms with Crippen molar-refractivity contribution >= 4 is 0 Å². The van der Waals surface area contributed by atoms with Crippen LogP contribution < -0.4 is 0 Å². The van der Waals surface area contributed by atoms with Crippen LogP contribution in [-0.4, -0.2) is 34.1 Å². The van der Waals surface area contributed by atoms with Crippen LogP contribution in [-0.2, 0) is 0 Å². The third-order valence-electron chi connectivity index (χ3n) is 9.14. The normalized spacial score (nSPS) is 59.1. The van der Waals surface area contributed by atoms with Gasteiger partial charge in [0.2, 0.25) is 0 Å². The summed E-state index contributed by atoms with van der Waals surface area (Å²) in [4.78, 5) is 0. The second-order valence-electron chi connectivity index (χ2n) is 9.66. The summed E-state index contributed by atoms with van der Waals surface area (Å²) in [6.45, 7) is 5.20. The quantitative estimate of drug-likeness (QED) is 0.695. The third-order valence-corrected chi connectivity index (χ3v) is 9.14. The van der Waals surface area contributed by atoms with Crippen molar-refractivity contribution in [3.8, 4) is 0 Å². The summed E-state index contributed by atoms with van der Waals surface area (Å²) in [6.07, 6.45) is 8.08. The lowest BCUT2D eigenvalue weighted by Crippen LogP contribution is -2.58. The van der Waals surface area contributed by atoms with E-state index in [1.807, 2.05) is 0 Å². The van der Waals surface area contributed by atoms with E-state index in [0.717, 1.165) is 31.1 Å². The average Bonchev–Trinajstić information content (AvgIpc) is 2.88. The van der Waals surface area contributed by atoms with Gasteiger partial charge in [0.15, 0.2) is 0 Å². The van der Waals surface area contributed by atoms with Crippen molar-refractivity contribution in [2.45, 2.75) is 77.4 Å². The molecule has 0 aromatic heterocycles. The molecule has 0 unspecified atom stereocenters. The van der Waals surface area contributed by atoms with E-state index in [2.05, 4.69) is 13.8 Å². The minimum absolute atomic E-state index is 0.209. The smallest absolute Gasteiger partial charge is 0.0832 e. The highest BCUT2D eigenvalue weighted by Crippen LogP contribution is 2.67. The summed E-state index contributed by atoms with van der Waals surface area (Å²) in [6, 6.07) is 0. The van der Waals surface area contributed by atoms with Crippen LogP contribution in [0.15, 0.2) is 0 Å².